The van der Waals surface area contributed by atoms with E-state index in [1.807, 2.05) is 24.3 Å². The fraction of sp³-hybridized carbons (Fsp3) is 0. The Bertz CT molecular complexity index is 499. The Morgan fingerprint density at radius 2 is 1.94 bits per heavy atom. The maximum absolute atomic E-state index is 10.5. The van der Waals surface area contributed by atoms with E-state index < -0.39 is 0 Å². The molecule has 0 atom stereocenters. The van der Waals surface area contributed by atoms with Crippen molar-refractivity contribution in [1.29, 1.82) is 0 Å². The zero-order chi connectivity index (χ0) is 11.4. The maximum Gasteiger partial charge on any atom is 0.150 e. The first-order chi connectivity index (χ1) is 7.79. The highest BCUT2D eigenvalue weighted by Gasteiger charge is 2.02. The lowest BCUT2D eigenvalue weighted by molar-refractivity contribution is 0.112. The molecule has 2 rings (SSSR count). The molecule has 0 N–H and O–H groups in total. The third kappa shape index (κ3) is 2.71. The van der Waals surface area contributed by atoms with E-state index in [-0.39, 0.29) is 0 Å². The number of rotatable bonds is 3. The van der Waals surface area contributed by atoms with E-state index >= 15 is 0 Å². The van der Waals surface area contributed by atoms with Crippen LogP contribution in [0.3, 0.4) is 0 Å². The monoisotopic (exact) mass is 293 g/mol. The molecule has 1 heterocycles. The molecule has 0 amide bonds. The average molecular weight is 294 g/mol. The topological polar surface area (TPSA) is 30.0 Å². The molecule has 2 nitrogen and oxygen atoms in total. The van der Waals surface area contributed by atoms with E-state index in [1.54, 1.807) is 30.1 Å². The molecule has 80 valence electrons. The zero-order valence-corrected chi connectivity index (χ0v) is 10.7. The highest BCUT2D eigenvalue weighted by Crippen LogP contribution is 2.31. The van der Waals surface area contributed by atoms with E-state index in [1.165, 1.54) is 0 Å². The number of nitrogens with zero attached hydrogens (tertiary/aromatic N) is 1. The van der Waals surface area contributed by atoms with Gasteiger partial charge in [-0.1, -0.05) is 23.9 Å². The predicted molar refractivity (Wildman–Crippen MR) is 67.9 cm³/mol. The summed E-state index contributed by atoms with van der Waals surface area (Å²) in [5, 5.41) is 0.918. The van der Waals surface area contributed by atoms with Crippen molar-refractivity contribution in [1.82, 2.24) is 4.98 Å². The zero-order valence-electron chi connectivity index (χ0n) is 8.26. The van der Waals surface area contributed by atoms with Gasteiger partial charge in [-0.3, -0.25) is 4.79 Å². The molecule has 4 heteroatoms. The number of benzene rings is 1. The fourth-order valence-electron chi connectivity index (χ4n) is 1.17. The van der Waals surface area contributed by atoms with Crippen LogP contribution in [0.5, 0.6) is 0 Å². The fourth-order valence-corrected chi connectivity index (χ4v) is 2.44. The van der Waals surface area contributed by atoms with Gasteiger partial charge in [0.1, 0.15) is 11.3 Å². The minimum absolute atomic E-state index is 0.685. The third-order valence-corrected chi connectivity index (χ3v) is 3.88. The van der Waals surface area contributed by atoms with Crippen LogP contribution in [-0.4, -0.2) is 11.3 Å². The highest BCUT2D eigenvalue weighted by atomic mass is 79.9. The Labute approximate surface area is 106 Å². The maximum atomic E-state index is 10.5. The van der Waals surface area contributed by atoms with Gasteiger partial charge in [-0.25, -0.2) is 4.98 Å². The van der Waals surface area contributed by atoms with Crippen molar-refractivity contribution in [3.8, 4) is 0 Å². The van der Waals surface area contributed by atoms with E-state index in [0.29, 0.717) is 5.56 Å². The quantitative estimate of drug-likeness (QED) is 0.806. The number of aromatic nitrogens is 1. The second-order valence-electron chi connectivity index (χ2n) is 3.08. The molecule has 0 aliphatic heterocycles. The Morgan fingerprint density at radius 3 is 2.56 bits per heavy atom. The van der Waals surface area contributed by atoms with Crippen molar-refractivity contribution < 1.29 is 4.79 Å². The number of aldehydes is 1. The van der Waals surface area contributed by atoms with Gasteiger partial charge >= 0.3 is 0 Å². The van der Waals surface area contributed by atoms with E-state index in [2.05, 4.69) is 20.9 Å². The first kappa shape index (κ1) is 11.4. The van der Waals surface area contributed by atoms with Gasteiger partial charge in [-0.2, -0.15) is 0 Å². The van der Waals surface area contributed by atoms with Gasteiger partial charge < -0.3 is 0 Å². The van der Waals surface area contributed by atoms with Gasteiger partial charge in [-0.15, -0.1) is 0 Å². The van der Waals surface area contributed by atoms with Crippen LogP contribution in [0.4, 0.5) is 0 Å². The molecule has 0 spiro atoms. The molecule has 0 saturated carbocycles. The standard InChI is InChI=1S/C12H8BrNOS/c13-11-2-1-7-14-12(11)16-10-5-3-9(8-15)4-6-10/h1-8H. The molecule has 0 aliphatic carbocycles. The first-order valence-corrected chi connectivity index (χ1v) is 6.24. The number of hydrogen-bond acceptors (Lipinski definition) is 3. The smallest absolute Gasteiger partial charge is 0.150 e. The summed E-state index contributed by atoms with van der Waals surface area (Å²) in [6.07, 6.45) is 2.60. The summed E-state index contributed by atoms with van der Waals surface area (Å²) < 4.78 is 0.972. The number of carbonyl (C=O) groups excluding carboxylic acids is 1. The van der Waals surface area contributed by atoms with E-state index in [9.17, 15) is 4.79 Å². The number of halogens is 1. The second-order valence-corrected chi connectivity index (χ2v) is 5.00. The normalized spacial score (nSPS) is 10.1. The van der Waals surface area contributed by atoms with E-state index in [4.69, 9.17) is 0 Å². The van der Waals surface area contributed by atoms with Crippen LogP contribution < -0.4 is 0 Å². The Balaban J connectivity index is 2.21. The van der Waals surface area contributed by atoms with Crippen LogP contribution >= 0.6 is 27.7 Å². The molecule has 1 aromatic carbocycles. The summed E-state index contributed by atoms with van der Waals surface area (Å²) in [5.41, 5.74) is 0.685. The summed E-state index contributed by atoms with van der Waals surface area (Å²) in [5.74, 6) is 0. The molecular weight excluding hydrogens is 286 g/mol. The minimum atomic E-state index is 0.685. The average Bonchev–Trinajstić information content (AvgIpc) is 2.33. The van der Waals surface area contributed by atoms with Gasteiger partial charge in [-0.05, 0) is 40.2 Å². The van der Waals surface area contributed by atoms with Crippen molar-refractivity contribution in [2.24, 2.45) is 0 Å². The Kier molecular flexibility index (Phi) is 3.74. The SMILES string of the molecule is O=Cc1ccc(Sc2ncccc2Br)cc1. The third-order valence-electron chi connectivity index (χ3n) is 1.96. The van der Waals surface area contributed by atoms with Crippen molar-refractivity contribution >= 4 is 34.0 Å². The molecule has 0 bridgehead atoms. The van der Waals surface area contributed by atoms with Crippen molar-refractivity contribution in [2.75, 3.05) is 0 Å². The van der Waals surface area contributed by atoms with Crippen LogP contribution in [0.15, 0.2) is 57.0 Å². The highest BCUT2D eigenvalue weighted by molar-refractivity contribution is 9.10. The van der Waals surface area contributed by atoms with Gasteiger partial charge in [0.15, 0.2) is 0 Å². The summed E-state index contributed by atoms with van der Waals surface area (Å²) in [4.78, 5) is 15.8. The van der Waals surface area contributed by atoms with E-state index in [0.717, 1.165) is 20.7 Å². The van der Waals surface area contributed by atoms with Gasteiger partial charge in [0.2, 0.25) is 0 Å². The minimum Gasteiger partial charge on any atom is -0.298 e. The number of pyridine rings is 1. The molecule has 0 saturated heterocycles. The molecule has 2 aromatic rings. The molecule has 1 aromatic heterocycles. The summed E-state index contributed by atoms with van der Waals surface area (Å²) in [7, 11) is 0. The second kappa shape index (κ2) is 5.27. The van der Waals surface area contributed by atoms with Gasteiger partial charge in [0, 0.05) is 16.7 Å². The van der Waals surface area contributed by atoms with Crippen LogP contribution in [0, 0.1) is 0 Å². The lowest BCUT2D eigenvalue weighted by Crippen LogP contribution is -1.82. The summed E-state index contributed by atoms with van der Waals surface area (Å²) in [6, 6.07) is 11.3. The van der Waals surface area contributed by atoms with Crippen LogP contribution in [0.1, 0.15) is 10.4 Å². The van der Waals surface area contributed by atoms with Crippen LogP contribution in [0.25, 0.3) is 0 Å². The molecular formula is C12H8BrNOS. The van der Waals surface area contributed by atoms with Gasteiger partial charge in [0.25, 0.3) is 0 Å². The molecule has 0 unspecified atom stereocenters. The Morgan fingerprint density at radius 1 is 1.19 bits per heavy atom. The molecule has 0 radical (unpaired) electrons. The predicted octanol–water partition coefficient (Wildman–Crippen LogP) is 3.81. The van der Waals surface area contributed by atoms with Crippen molar-refractivity contribution in [3.63, 3.8) is 0 Å². The van der Waals surface area contributed by atoms with Crippen molar-refractivity contribution in [3.05, 3.63) is 52.6 Å². The largest absolute Gasteiger partial charge is 0.298 e. The Hall–Kier alpha value is -1.13. The first-order valence-electron chi connectivity index (χ1n) is 4.63. The lowest BCUT2D eigenvalue weighted by Gasteiger charge is -2.02. The number of carbonyl (C=O) groups is 1. The number of hydrogen-bond donors (Lipinski definition) is 0. The van der Waals surface area contributed by atoms with Crippen LogP contribution in [0.2, 0.25) is 0 Å². The molecule has 0 fully saturated rings. The molecule has 16 heavy (non-hydrogen) atoms. The van der Waals surface area contributed by atoms with Crippen LogP contribution in [-0.2, 0) is 0 Å². The lowest BCUT2D eigenvalue weighted by atomic mass is 10.2. The summed E-state index contributed by atoms with van der Waals surface area (Å²) >= 11 is 5.00. The van der Waals surface area contributed by atoms with Gasteiger partial charge in [0.05, 0.1) is 4.47 Å². The summed E-state index contributed by atoms with van der Waals surface area (Å²) in [6.45, 7) is 0. The molecule has 0 aliphatic rings. The van der Waals surface area contributed by atoms with Crippen molar-refractivity contribution in [2.45, 2.75) is 9.92 Å².